The fraction of sp³-hybridized carbons (Fsp3) is 0.562. The predicted octanol–water partition coefficient (Wildman–Crippen LogP) is 2.86. The maximum Gasteiger partial charge on any atom is 0.244 e. The average molecular weight is 410 g/mol. The van der Waals surface area contributed by atoms with Crippen LogP contribution in [0.15, 0.2) is 23.1 Å². The molecular formula is C16H25Cl2N3O3S. The number of hydrogen-bond acceptors (Lipinski definition) is 4. The van der Waals surface area contributed by atoms with Crippen molar-refractivity contribution in [3.8, 4) is 0 Å². The minimum atomic E-state index is -3.69. The van der Waals surface area contributed by atoms with E-state index >= 15 is 0 Å². The summed E-state index contributed by atoms with van der Waals surface area (Å²) in [5.74, 6) is -0.255. The van der Waals surface area contributed by atoms with Gasteiger partial charge >= 0.3 is 0 Å². The van der Waals surface area contributed by atoms with E-state index in [1.54, 1.807) is 19.9 Å². The lowest BCUT2D eigenvalue weighted by atomic mass is 10.1. The van der Waals surface area contributed by atoms with Crippen LogP contribution in [-0.4, -0.2) is 37.8 Å². The zero-order chi connectivity index (χ0) is 17.9. The van der Waals surface area contributed by atoms with Gasteiger partial charge in [0.15, 0.2) is 0 Å². The van der Waals surface area contributed by atoms with Crippen molar-refractivity contribution in [3.05, 3.63) is 23.2 Å². The van der Waals surface area contributed by atoms with Crippen LogP contribution in [0.4, 0.5) is 5.69 Å². The summed E-state index contributed by atoms with van der Waals surface area (Å²) in [4.78, 5) is 12.3. The van der Waals surface area contributed by atoms with Gasteiger partial charge in [-0.25, -0.2) is 8.42 Å². The first kappa shape index (κ1) is 22.2. The van der Waals surface area contributed by atoms with E-state index in [4.69, 9.17) is 17.3 Å². The molecule has 1 saturated carbocycles. The number of carbonyl (C=O) groups excluding carboxylic acids is 1. The topological polar surface area (TPSA) is 92.5 Å². The zero-order valence-electron chi connectivity index (χ0n) is 14.4. The van der Waals surface area contributed by atoms with E-state index in [0.717, 1.165) is 12.8 Å². The Bertz CT molecular complexity index is 709. The molecule has 0 saturated heterocycles. The number of nitrogens with one attached hydrogen (secondary N) is 1. The molecule has 0 heterocycles. The van der Waals surface area contributed by atoms with Crippen LogP contribution < -0.4 is 11.1 Å². The van der Waals surface area contributed by atoms with E-state index in [9.17, 15) is 13.2 Å². The van der Waals surface area contributed by atoms with Crippen molar-refractivity contribution in [2.75, 3.05) is 18.4 Å². The highest BCUT2D eigenvalue weighted by Gasteiger charge is 2.29. The molecule has 1 aliphatic rings. The highest BCUT2D eigenvalue weighted by atomic mass is 35.5. The number of sulfonamides is 1. The van der Waals surface area contributed by atoms with Crippen molar-refractivity contribution in [1.82, 2.24) is 4.31 Å². The molecule has 0 radical (unpaired) electrons. The summed E-state index contributed by atoms with van der Waals surface area (Å²) in [7, 11) is -3.69. The van der Waals surface area contributed by atoms with Gasteiger partial charge in [-0.3, -0.25) is 4.79 Å². The van der Waals surface area contributed by atoms with Crippen molar-refractivity contribution in [3.63, 3.8) is 0 Å². The number of rotatable bonds is 6. The molecule has 142 valence electrons. The van der Waals surface area contributed by atoms with Gasteiger partial charge in [0.2, 0.25) is 15.9 Å². The predicted molar refractivity (Wildman–Crippen MR) is 103 cm³/mol. The standard InChI is InChI=1S/C16H24ClN3O3S.ClH/c1-3-20(4-2)24(22,23)15-10-13(7-8-14(15)17)19-16(21)11-5-6-12(18)9-11;/h7-8,10-12H,3-6,9,18H2,1-2H3,(H,19,21);1H. The molecule has 0 aliphatic heterocycles. The van der Waals surface area contributed by atoms with Crippen LogP contribution in [0.5, 0.6) is 0 Å². The lowest BCUT2D eigenvalue weighted by Gasteiger charge is -2.20. The summed E-state index contributed by atoms with van der Waals surface area (Å²) in [5.41, 5.74) is 6.27. The largest absolute Gasteiger partial charge is 0.328 e. The molecule has 1 aromatic carbocycles. The molecule has 1 amide bonds. The Morgan fingerprint density at radius 2 is 1.96 bits per heavy atom. The van der Waals surface area contributed by atoms with Gasteiger partial charge in [0.25, 0.3) is 0 Å². The van der Waals surface area contributed by atoms with Gasteiger partial charge in [0.05, 0.1) is 5.02 Å². The molecule has 2 atom stereocenters. The summed E-state index contributed by atoms with van der Waals surface area (Å²) in [6.45, 7) is 4.24. The molecule has 2 unspecified atom stereocenters. The molecular weight excluding hydrogens is 385 g/mol. The fourth-order valence-corrected chi connectivity index (χ4v) is 4.94. The van der Waals surface area contributed by atoms with Gasteiger partial charge < -0.3 is 11.1 Å². The molecule has 0 aromatic heterocycles. The van der Waals surface area contributed by atoms with Gasteiger partial charge in [-0.2, -0.15) is 4.31 Å². The lowest BCUT2D eigenvalue weighted by molar-refractivity contribution is -0.119. The van der Waals surface area contributed by atoms with E-state index in [1.807, 2.05) is 0 Å². The van der Waals surface area contributed by atoms with Crippen molar-refractivity contribution >= 4 is 45.6 Å². The van der Waals surface area contributed by atoms with Crippen LogP contribution in [0, 0.1) is 5.92 Å². The summed E-state index contributed by atoms with van der Waals surface area (Å²) < 4.78 is 26.7. The van der Waals surface area contributed by atoms with Crippen molar-refractivity contribution < 1.29 is 13.2 Å². The second-order valence-electron chi connectivity index (χ2n) is 5.99. The number of carbonyl (C=O) groups is 1. The Morgan fingerprint density at radius 3 is 2.48 bits per heavy atom. The van der Waals surface area contributed by atoms with Crippen LogP contribution in [0.25, 0.3) is 0 Å². The SMILES string of the molecule is CCN(CC)S(=O)(=O)c1cc(NC(=O)C2CCC(N)C2)ccc1Cl.Cl. The van der Waals surface area contributed by atoms with E-state index in [-0.39, 0.29) is 40.2 Å². The maximum atomic E-state index is 12.7. The molecule has 9 heteroatoms. The summed E-state index contributed by atoms with van der Waals surface area (Å²) in [5, 5.41) is 2.92. The van der Waals surface area contributed by atoms with E-state index in [2.05, 4.69) is 5.32 Å². The van der Waals surface area contributed by atoms with E-state index in [1.165, 1.54) is 16.4 Å². The number of amides is 1. The first-order valence-electron chi connectivity index (χ1n) is 8.15. The Hall–Kier alpha value is -0.860. The molecule has 3 N–H and O–H groups in total. The van der Waals surface area contributed by atoms with Crippen LogP contribution in [0.2, 0.25) is 5.02 Å². The van der Waals surface area contributed by atoms with Gasteiger partial charge in [-0.05, 0) is 37.5 Å². The van der Waals surface area contributed by atoms with Crippen LogP contribution in [-0.2, 0) is 14.8 Å². The normalized spacial score (nSPS) is 20.4. The minimum absolute atomic E-state index is 0. The third-order valence-electron chi connectivity index (χ3n) is 4.37. The second-order valence-corrected chi connectivity index (χ2v) is 8.31. The Morgan fingerprint density at radius 1 is 1.32 bits per heavy atom. The Labute approximate surface area is 160 Å². The smallest absolute Gasteiger partial charge is 0.244 e. The monoisotopic (exact) mass is 409 g/mol. The van der Waals surface area contributed by atoms with Gasteiger partial charge in [0.1, 0.15) is 4.90 Å². The molecule has 6 nitrogen and oxygen atoms in total. The van der Waals surface area contributed by atoms with Crippen molar-refractivity contribution in [1.29, 1.82) is 0 Å². The van der Waals surface area contributed by atoms with Crippen LogP contribution in [0.3, 0.4) is 0 Å². The maximum absolute atomic E-state index is 12.7. The van der Waals surface area contributed by atoms with E-state index in [0.29, 0.717) is 25.2 Å². The quantitative estimate of drug-likeness (QED) is 0.754. The third kappa shape index (κ3) is 5.08. The number of nitrogens with two attached hydrogens (primary N) is 1. The van der Waals surface area contributed by atoms with Crippen molar-refractivity contribution in [2.24, 2.45) is 11.7 Å². The highest BCUT2D eigenvalue weighted by Crippen LogP contribution is 2.29. The highest BCUT2D eigenvalue weighted by molar-refractivity contribution is 7.89. The minimum Gasteiger partial charge on any atom is -0.328 e. The Kier molecular flexibility index (Phi) is 8.15. The Balaban J connectivity index is 0.00000312. The number of benzene rings is 1. The fourth-order valence-electron chi connectivity index (χ4n) is 2.98. The molecule has 1 fully saturated rings. The third-order valence-corrected chi connectivity index (χ3v) is 6.90. The molecule has 0 spiro atoms. The number of anilines is 1. The van der Waals surface area contributed by atoms with Gasteiger partial charge in [-0.1, -0.05) is 25.4 Å². The first-order chi connectivity index (χ1) is 11.3. The zero-order valence-corrected chi connectivity index (χ0v) is 16.8. The van der Waals surface area contributed by atoms with Gasteiger partial charge in [-0.15, -0.1) is 12.4 Å². The average Bonchev–Trinajstić information content (AvgIpc) is 2.96. The van der Waals surface area contributed by atoms with E-state index < -0.39 is 10.0 Å². The molecule has 25 heavy (non-hydrogen) atoms. The molecule has 1 aromatic rings. The van der Waals surface area contributed by atoms with Crippen molar-refractivity contribution in [2.45, 2.75) is 44.0 Å². The molecule has 2 rings (SSSR count). The molecule has 1 aliphatic carbocycles. The summed E-state index contributed by atoms with van der Waals surface area (Å²) in [6.07, 6.45) is 2.25. The number of nitrogens with zero attached hydrogens (tertiary/aromatic N) is 1. The summed E-state index contributed by atoms with van der Waals surface area (Å²) in [6, 6.07) is 4.58. The van der Waals surface area contributed by atoms with Crippen LogP contribution >= 0.6 is 24.0 Å². The molecule has 0 bridgehead atoms. The number of hydrogen-bond donors (Lipinski definition) is 2. The van der Waals surface area contributed by atoms with Gasteiger partial charge in [0, 0.05) is 30.7 Å². The first-order valence-corrected chi connectivity index (χ1v) is 9.97. The second kappa shape index (κ2) is 9.19. The lowest BCUT2D eigenvalue weighted by Crippen LogP contribution is -2.31. The summed E-state index contributed by atoms with van der Waals surface area (Å²) >= 11 is 6.09. The van der Waals surface area contributed by atoms with Crippen LogP contribution in [0.1, 0.15) is 33.1 Å². The number of halogens is 2.